The number of Topliss-reactive ketones (excluding diaryl/α,β-unsaturated/α-hetero) is 1. The highest BCUT2D eigenvalue weighted by molar-refractivity contribution is 6.51. The molecule has 0 spiro atoms. The molecule has 2 aromatic carbocycles. The van der Waals surface area contributed by atoms with Crippen molar-refractivity contribution in [3.8, 4) is 0 Å². The summed E-state index contributed by atoms with van der Waals surface area (Å²) in [7, 11) is 0. The van der Waals surface area contributed by atoms with E-state index in [2.05, 4.69) is 15.5 Å². The Bertz CT molecular complexity index is 800. The molecular formula is C19H15N3O. The van der Waals surface area contributed by atoms with E-state index < -0.39 is 0 Å². The van der Waals surface area contributed by atoms with Crippen LogP contribution in [0.4, 0.5) is 5.82 Å². The number of hydrogen-bond donors (Lipinski definition) is 1. The van der Waals surface area contributed by atoms with Gasteiger partial charge in [0.25, 0.3) is 0 Å². The molecule has 3 rings (SSSR count). The summed E-state index contributed by atoms with van der Waals surface area (Å²) in [6.07, 6.45) is 1.67. The van der Waals surface area contributed by atoms with Gasteiger partial charge in [0.1, 0.15) is 11.5 Å². The van der Waals surface area contributed by atoms with Crippen LogP contribution in [-0.4, -0.2) is 16.5 Å². The number of nitrogens with one attached hydrogen (secondary N) is 1. The lowest BCUT2D eigenvalue weighted by molar-refractivity contribution is 0.106. The zero-order valence-corrected chi connectivity index (χ0v) is 12.4. The number of benzene rings is 2. The van der Waals surface area contributed by atoms with Crippen LogP contribution in [0.1, 0.15) is 15.9 Å². The average molecular weight is 301 g/mol. The second-order valence-corrected chi connectivity index (χ2v) is 4.85. The highest BCUT2D eigenvalue weighted by Crippen LogP contribution is 2.10. The highest BCUT2D eigenvalue weighted by atomic mass is 16.1. The molecule has 3 aromatic rings. The summed E-state index contributed by atoms with van der Waals surface area (Å²) in [5.41, 5.74) is 4.55. The van der Waals surface area contributed by atoms with Crippen LogP contribution in [0.15, 0.2) is 90.2 Å². The maximum absolute atomic E-state index is 12.8. The van der Waals surface area contributed by atoms with Crippen LogP contribution in [0.3, 0.4) is 0 Å². The fourth-order valence-electron chi connectivity index (χ4n) is 2.11. The molecule has 23 heavy (non-hydrogen) atoms. The number of anilines is 1. The first-order valence-electron chi connectivity index (χ1n) is 7.24. The maximum atomic E-state index is 12.8. The minimum Gasteiger partial charge on any atom is -0.287 e. The Labute approximate surface area is 134 Å². The lowest BCUT2D eigenvalue weighted by atomic mass is 10.0. The SMILES string of the molecule is O=C(/C(=N/Nc1ccccn1)c1ccccc1)c1ccccc1. The lowest BCUT2D eigenvalue weighted by Gasteiger charge is -2.07. The van der Waals surface area contributed by atoms with Crippen LogP contribution in [0, 0.1) is 0 Å². The summed E-state index contributed by atoms with van der Waals surface area (Å²) in [5, 5.41) is 4.30. The Balaban J connectivity index is 1.96. The number of aromatic nitrogens is 1. The summed E-state index contributed by atoms with van der Waals surface area (Å²) in [6, 6.07) is 24.0. The van der Waals surface area contributed by atoms with Crippen molar-refractivity contribution in [2.45, 2.75) is 0 Å². The van der Waals surface area contributed by atoms with Crippen molar-refractivity contribution in [3.05, 3.63) is 96.2 Å². The number of carbonyl (C=O) groups is 1. The normalized spacial score (nSPS) is 11.0. The average Bonchev–Trinajstić information content (AvgIpc) is 2.64. The molecule has 0 unspecified atom stereocenters. The van der Waals surface area contributed by atoms with E-state index in [1.54, 1.807) is 24.4 Å². The number of carbonyl (C=O) groups excluding carboxylic acids is 1. The third-order valence-electron chi connectivity index (χ3n) is 3.25. The predicted molar refractivity (Wildman–Crippen MR) is 91.6 cm³/mol. The molecule has 0 aliphatic carbocycles. The molecule has 4 heteroatoms. The maximum Gasteiger partial charge on any atom is 0.213 e. The number of rotatable bonds is 5. The molecule has 0 amide bonds. The summed E-state index contributed by atoms with van der Waals surface area (Å²) in [4.78, 5) is 16.9. The fourth-order valence-corrected chi connectivity index (χ4v) is 2.11. The molecule has 112 valence electrons. The van der Waals surface area contributed by atoms with Gasteiger partial charge in [0.05, 0.1) is 0 Å². The molecule has 0 saturated carbocycles. The molecule has 4 nitrogen and oxygen atoms in total. The van der Waals surface area contributed by atoms with Gasteiger partial charge in [-0.25, -0.2) is 4.98 Å². The monoisotopic (exact) mass is 301 g/mol. The summed E-state index contributed by atoms with van der Waals surface area (Å²) >= 11 is 0. The van der Waals surface area contributed by atoms with Crippen molar-refractivity contribution in [2.75, 3.05) is 5.43 Å². The van der Waals surface area contributed by atoms with E-state index in [1.165, 1.54) is 0 Å². The van der Waals surface area contributed by atoms with Gasteiger partial charge >= 0.3 is 0 Å². The summed E-state index contributed by atoms with van der Waals surface area (Å²) in [5.74, 6) is 0.446. The minimum absolute atomic E-state index is 0.139. The van der Waals surface area contributed by atoms with Gasteiger partial charge in [-0.1, -0.05) is 66.7 Å². The molecule has 0 radical (unpaired) electrons. The second kappa shape index (κ2) is 7.13. The molecule has 1 N–H and O–H groups in total. The molecule has 1 aromatic heterocycles. The van der Waals surface area contributed by atoms with Crippen LogP contribution < -0.4 is 5.43 Å². The van der Waals surface area contributed by atoms with Gasteiger partial charge in [-0.15, -0.1) is 0 Å². The third kappa shape index (κ3) is 3.68. The third-order valence-corrected chi connectivity index (χ3v) is 3.25. The summed E-state index contributed by atoms with van der Waals surface area (Å²) in [6.45, 7) is 0. The Morgan fingerprint density at radius 2 is 1.39 bits per heavy atom. The first kappa shape index (κ1) is 14.7. The minimum atomic E-state index is -0.139. The molecule has 0 saturated heterocycles. The largest absolute Gasteiger partial charge is 0.287 e. The smallest absolute Gasteiger partial charge is 0.213 e. The molecule has 0 atom stereocenters. The van der Waals surface area contributed by atoms with Gasteiger partial charge in [0.15, 0.2) is 0 Å². The van der Waals surface area contributed by atoms with Crippen LogP contribution in [0.5, 0.6) is 0 Å². The topological polar surface area (TPSA) is 54.4 Å². The van der Waals surface area contributed by atoms with E-state index in [1.807, 2.05) is 60.7 Å². The van der Waals surface area contributed by atoms with Crippen molar-refractivity contribution in [1.29, 1.82) is 0 Å². The van der Waals surface area contributed by atoms with E-state index in [0.717, 1.165) is 5.56 Å². The van der Waals surface area contributed by atoms with E-state index in [4.69, 9.17) is 0 Å². The van der Waals surface area contributed by atoms with Gasteiger partial charge in [-0.05, 0) is 12.1 Å². The van der Waals surface area contributed by atoms with E-state index >= 15 is 0 Å². The molecular weight excluding hydrogens is 286 g/mol. The number of nitrogens with zero attached hydrogens (tertiary/aromatic N) is 2. The molecule has 0 aliphatic rings. The Kier molecular flexibility index (Phi) is 4.55. The van der Waals surface area contributed by atoms with E-state index in [9.17, 15) is 4.79 Å². The van der Waals surface area contributed by atoms with Crippen LogP contribution >= 0.6 is 0 Å². The number of hydrogen-bond acceptors (Lipinski definition) is 4. The summed E-state index contributed by atoms with van der Waals surface area (Å²) < 4.78 is 0. The van der Waals surface area contributed by atoms with Crippen LogP contribution in [0.2, 0.25) is 0 Å². The van der Waals surface area contributed by atoms with Gasteiger partial charge in [0, 0.05) is 17.3 Å². The van der Waals surface area contributed by atoms with Crippen molar-refractivity contribution < 1.29 is 4.79 Å². The standard InChI is InChI=1S/C19H15N3O/c23-19(16-11-5-2-6-12-16)18(15-9-3-1-4-10-15)22-21-17-13-7-8-14-20-17/h1-14H,(H,20,21)/b22-18+. The number of hydrazone groups is 1. The Hall–Kier alpha value is -3.27. The predicted octanol–water partition coefficient (Wildman–Crippen LogP) is 3.78. The molecule has 0 bridgehead atoms. The van der Waals surface area contributed by atoms with Gasteiger partial charge in [0.2, 0.25) is 5.78 Å². The van der Waals surface area contributed by atoms with E-state index in [-0.39, 0.29) is 5.78 Å². The number of pyridine rings is 1. The van der Waals surface area contributed by atoms with Gasteiger partial charge in [-0.3, -0.25) is 10.2 Å². The quantitative estimate of drug-likeness (QED) is 0.443. The van der Waals surface area contributed by atoms with Gasteiger partial charge in [-0.2, -0.15) is 5.10 Å². The lowest BCUT2D eigenvalue weighted by Crippen LogP contribution is -2.17. The van der Waals surface area contributed by atoms with Crippen molar-refractivity contribution in [1.82, 2.24) is 4.98 Å². The Morgan fingerprint density at radius 3 is 2.00 bits per heavy atom. The van der Waals surface area contributed by atoms with Crippen molar-refractivity contribution in [3.63, 3.8) is 0 Å². The molecule has 0 aliphatic heterocycles. The van der Waals surface area contributed by atoms with Crippen molar-refractivity contribution in [2.24, 2.45) is 5.10 Å². The van der Waals surface area contributed by atoms with Crippen molar-refractivity contribution >= 4 is 17.3 Å². The van der Waals surface area contributed by atoms with Crippen LogP contribution in [-0.2, 0) is 0 Å². The first-order chi connectivity index (χ1) is 11.3. The molecule has 0 fully saturated rings. The first-order valence-corrected chi connectivity index (χ1v) is 7.24. The van der Waals surface area contributed by atoms with Gasteiger partial charge < -0.3 is 0 Å². The molecule has 1 heterocycles. The zero-order chi connectivity index (χ0) is 15.9. The van der Waals surface area contributed by atoms with Crippen LogP contribution in [0.25, 0.3) is 0 Å². The highest BCUT2D eigenvalue weighted by Gasteiger charge is 2.16. The second-order valence-electron chi connectivity index (χ2n) is 4.85. The number of ketones is 1. The zero-order valence-electron chi connectivity index (χ0n) is 12.4. The fraction of sp³-hybridized carbons (Fsp3) is 0. The van der Waals surface area contributed by atoms with E-state index in [0.29, 0.717) is 17.1 Å². The Morgan fingerprint density at radius 1 is 0.783 bits per heavy atom.